The monoisotopic (exact) mass is 184 g/mol. The van der Waals surface area contributed by atoms with Gasteiger partial charge in [0, 0.05) is 12.8 Å². The van der Waals surface area contributed by atoms with E-state index in [1.54, 1.807) is 0 Å². The van der Waals surface area contributed by atoms with Gasteiger partial charge in [0.2, 0.25) is 0 Å². The lowest BCUT2D eigenvalue weighted by atomic mass is 9.59. The van der Waals surface area contributed by atoms with Crippen molar-refractivity contribution in [2.75, 3.05) is 0 Å². The number of esters is 1. The first-order valence-corrected chi connectivity index (χ1v) is 5.03. The quantitative estimate of drug-likeness (QED) is 0.624. The molecule has 0 bridgehead atoms. The highest BCUT2D eigenvalue weighted by Crippen LogP contribution is 2.51. The molecule has 2 saturated carbocycles. The van der Waals surface area contributed by atoms with E-state index in [0.29, 0.717) is 5.92 Å². The smallest absolute Gasteiger partial charge is 0.303 e. The molecule has 0 saturated heterocycles. The Labute approximate surface area is 78.1 Å². The van der Waals surface area contributed by atoms with Crippen LogP contribution in [-0.4, -0.2) is 22.8 Å². The van der Waals surface area contributed by atoms with Gasteiger partial charge in [-0.05, 0) is 25.7 Å². The lowest BCUT2D eigenvalue weighted by Gasteiger charge is -2.54. The van der Waals surface area contributed by atoms with Crippen LogP contribution in [-0.2, 0) is 9.53 Å². The normalized spacial score (nSPS) is 43.2. The predicted octanol–water partition coefficient (Wildman–Crippen LogP) is 1.24. The van der Waals surface area contributed by atoms with E-state index in [-0.39, 0.29) is 5.97 Å². The summed E-state index contributed by atoms with van der Waals surface area (Å²) in [7, 11) is 0. The molecule has 1 N–H and O–H groups in total. The second-order valence-corrected chi connectivity index (χ2v) is 4.24. The molecule has 3 atom stereocenters. The summed E-state index contributed by atoms with van der Waals surface area (Å²) >= 11 is 0. The maximum atomic E-state index is 10.9. The number of ether oxygens (including phenoxy) is 1. The van der Waals surface area contributed by atoms with Crippen LogP contribution in [0.15, 0.2) is 0 Å². The van der Waals surface area contributed by atoms with Gasteiger partial charge in [-0.15, -0.1) is 0 Å². The van der Waals surface area contributed by atoms with E-state index in [0.717, 1.165) is 25.7 Å². The standard InChI is InChI=1S/C10H16O3/c1-7(11)13-10-5-3-2-4-8(10)6-9(10)12/h8-9,12H,2-6H2,1H3/t8-,9-,10+/m0/s1. The van der Waals surface area contributed by atoms with E-state index >= 15 is 0 Å². The first-order chi connectivity index (χ1) is 6.15. The number of hydrogen-bond acceptors (Lipinski definition) is 3. The van der Waals surface area contributed by atoms with Crippen molar-refractivity contribution in [3.63, 3.8) is 0 Å². The zero-order valence-corrected chi connectivity index (χ0v) is 7.95. The van der Waals surface area contributed by atoms with Crippen LogP contribution >= 0.6 is 0 Å². The van der Waals surface area contributed by atoms with Crippen LogP contribution in [0.4, 0.5) is 0 Å². The molecule has 2 rings (SSSR count). The minimum absolute atomic E-state index is 0.259. The van der Waals surface area contributed by atoms with Crippen LogP contribution in [0.5, 0.6) is 0 Å². The Kier molecular flexibility index (Phi) is 2.06. The zero-order valence-electron chi connectivity index (χ0n) is 7.95. The maximum absolute atomic E-state index is 10.9. The van der Waals surface area contributed by atoms with E-state index in [1.807, 2.05) is 0 Å². The highest BCUT2D eigenvalue weighted by molar-refractivity contribution is 5.67. The van der Waals surface area contributed by atoms with Gasteiger partial charge in [-0.2, -0.15) is 0 Å². The van der Waals surface area contributed by atoms with Crippen molar-refractivity contribution in [1.82, 2.24) is 0 Å². The van der Waals surface area contributed by atoms with Crippen LogP contribution in [0, 0.1) is 5.92 Å². The summed E-state index contributed by atoms with van der Waals surface area (Å²) in [6.07, 6.45) is 4.62. The Morgan fingerprint density at radius 3 is 2.85 bits per heavy atom. The largest absolute Gasteiger partial charge is 0.456 e. The third-order valence-electron chi connectivity index (χ3n) is 3.47. The molecular formula is C10H16O3. The fourth-order valence-electron chi connectivity index (χ4n) is 2.77. The van der Waals surface area contributed by atoms with Gasteiger partial charge in [-0.1, -0.05) is 6.42 Å². The molecule has 0 radical (unpaired) electrons. The number of aliphatic hydroxyl groups is 1. The summed E-state index contributed by atoms with van der Waals surface area (Å²) in [5, 5.41) is 9.67. The average molecular weight is 184 g/mol. The molecule has 74 valence electrons. The number of aliphatic hydroxyl groups excluding tert-OH is 1. The van der Waals surface area contributed by atoms with Crippen molar-refractivity contribution in [2.24, 2.45) is 5.92 Å². The number of carbonyl (C=O) groups excluding carboxylic acids is 1. The molecule has 13 heavy (non-hydrogen) atoms. The highest BCUT2D eigenvalue weighted by Gasteiger charge is 2.57. The van der Waals surface area contributed by atoms with E-state index in [9.17, 15) is 9.90 Å². The second-order valence-electron chi connectivity index (χ2n) is 4.24. The molecule has 0 aromatic heterocycles. The summed E-state index contributed by atoms with van der Waals surface area (Å²) in [5.41, 5.74) is -0.496. The molecule has 2 fully saturated rings. The maximum Gasteiger partial charge on any atom is 0.303 e. The Morgan fingerprint density at radius 2 is 2.31 bits per heavy atom. The molecule has 0 amide bonds. The van der Waals surface area contributed by atoms with Crippen molar-refractivity contribution in [1.29, 1.82) is 0 Å². The number of rotatable bonds is 1. The summed E-state index contributed by atoms with van der Waals surface area (Å²) in [6, 6.07) is 0. The lowest BCUT2D eigenvalue weighted by molar-refractivity contribution is -0.232. The molecule has 0 heterocycles. The first kappa shape index (κ1) is 9.00. The molecular weight excluding hydrogens is 168 g/mol. The Bertz CT molecular complexity index is 224. The average Bonchev–Trinajstić information content (AvgIpc) is 2.06. The molecule has 3 heteroatoms. The van der Waals surface area contributed by atoms with Gasteiger partial charge in [-0.25, -0.2) is 0 Å². The Hall–Kier alpha value is -0.570. The van der Waals surface area contributed by atoms with E-state index in [4.69, 9.17) is 4.74 Å². The van der Waals surface area contributed by atoms with Gasteiger partial charge in [0.15, 0.2) is 0 Å². The van der Waals surface area contributed by atoms with Gasteiger partial charge in [0.25, 0.3) is 0 Å². The number of carbonyl (C=O) groups is 1. The SMILES string of the molecule is CC(=O)O[C@]12CCCC[C@H]1C[C@@H]2O. The molecule has 2 aliphatic rings. The van der Waals surface area contributed by atoms with Crippen LogP contribution in [0.25, 0.3) is 0 Å². The van der Waals surface area contributed by atoms with Crippen molar-refractivity contribution in [3.8, 4) is 0 Å². The number of hydrogen-bond donors (Lipinski definition) is 1. The molecule has 0 spiro atoms. The second kappa shape index (κ2) is 2.98. The topological polar surface area (TPSA) is 46.5 Å². The molecule has 0 aromatic carbocycles. The van der Waals surface area contributed by atoms with Gasteiger partial charge in [-0.3, -0.25) is 4.79 Å². The van der Waals surface area contributed by atoms with Gasteiger partial charge in [0.05, 0.1) is 6.10 Å². The molecule has 0 unspecified atom stereocenters. The molecule has 2 aliphatic carbocycles. The third-order valence-corrected chi connectivity index (χ3v) is 3.47. The van der Waals surface area contributed by atoms with E-state index < -0.39 is 11.7 Å². The summed E-state index contributed by atoms with van der Waals surface area (Å²) in [4.78, 5) is 10.9. The summed E-state index contributed by atoms with van der Waals surface area (Å²) in [5.74, 6) is 0.158. The molecule has 0 aliphatic heterocycles. The number of fused-ring (bicyclic) bond motifs is 1. The van der Waals surface area contributed by atoms with Crippen molar-refractivity contribution in [2.45, 2.75) is 50.7 Å². The van der Waals surface area contributed by atoms with Crippen molar-refractivity contribution in [3.05, 3.63) is 0 Å². The fourth-order valence-corrected chi connectivity index (χ4v) is 2.77. The summed E-state index contributed by atoms with van der Waals surface area (Å²) < 4.78 is 5.30. The predicted molar refractivity (Wildman–Crippen MR) is 47.1 cm³/mol. The highest BCUT2D eigenvalue weighted by atomic mass is 16.6. The minimum atomic E-state index is -0.496. The lowest BCUT2D eigenvalue weighted by Crippen LogP contribution is -2.63. The molecule has 3 nitrogen and oxygen atoms in total. The van der Waals surface area contributed by atoms with Crippen LogP contribution in [0.1, 0.15) is 39.0 Å². The summed E-state index contributed by atoms with van der Waals surface area (Å²) in [6.45, 7) is 1.42. The van der Waals surface area contributed by atoms with Gasteiger partial charge >= 0.3 is 5.97 Å². The Morgan fingerprint density at radius 1 is 1.54 bits per heavy atom. The van der Waals surface area contributed by atoms with Gasteiger partial charge < -0.3 is 9.84 Å². The van der Waals surface area contributed by atoms with Crippen LogP contribution in [0.2, 0.25) is 0 Å². The fraction of sp³-hybridized carbons (Fsp3) is 0.900. The Balaban J connectivity index is 2.10. The van der Waals surface area contributed by atoms with E-state index in [1.165, 1.54) is 13.3 Å². The third kappa shape index (κ3) is 1.26. The van der Waals surface area contributed by atoms with E-state index in [2.05, 4.69) is 0 Å². The van der Waals surface area contributed by atoms with Crippen LogP contribution in [0.3, 0.4) is 0 Å². The van der Waals surface area contributed by atoms with Gasteiger partial charge in [0.1, 0.15) is 5.60 Å². The van der Waals surface area contributed by atoms with Crippen LogP contribution < -0.4 is 0 Å². The minimum Gasteiger partial charge on any atom is -0.456 e. The molecule has 0 aromatic rings. The van der Waals surface area contributed by atoms with Crippen molar-refractivity contribution < 1.29 is 14.6 Å². The first-order valence-electron chi connectivity index (χ1n) is 5.03. The zero-order chi connectivity index (χ0) is 9.47. The van der Waals surface area contributed by atoms with Crippen molar-refractivity contribution >= 4 is 5.97 Å².